The van der Waals surface area contributed by atoms with E-state index in [0.29, 0.717) is 11.7 Å². The molecule has 8 heteroatoms. The zero-order valence-corrected chi connectivity index (χ0v) is 15.4. The monoisotopic (exact) mass is 350 g/mol. The molecule has 3 unspecified atom stereocenters. The highest BCUT2D eigenvalue weighted by atomic mass is 16.5. The van der Waals surface area contributed by atoms with Crippen LogP contribution in [0.1, 0.15) is 13.3 Å². The van der Waals surface area contributed by atoms with Crippen LogP contribution in [0, 0.1) is 0 Å². The van der Waals surface area contributed by atoms with E-state index in [2.05, 4.69) is 38.4 Å². The van der Waals surface area contributed by atoms with Crippen LogP contribution in [-0.2, 0) is 0 Å². The number of carbonyl (C=O) groups excluding carboxylic acids is 1. The predicted molar refractivity (Wildman–Crippen MR) is 99.6 cm³/mol. The SMILES string of the molecule is COc1ccc(NC(=O)NC2NC(C)CC(NCCN(C)C)N2)cc1. The maximum Gasteiger partial charge on any atom is 0.321 e. The summed E-state index contributed by atoms with van der Waals surface area (Å²) < 4.78 is 5.11. The number of anilines is 1. The molecule has 1 aromatic carbocycles. The smallest absolute Gasteiger partial charge is 0.321 e. The second-order valence-corrected chi connectivity index (χ2v) is 6.54. The number of hydrogen-bond donors (Lipinski definition) is 5. The van der Waals surface area contributed by atoms with Gasteiger partial charge in [0.25, 0.3) is 0 Å². The van der Waals surface area contributed by atoms with E-state index < -0.39 is 0 Å². The van der Waals surface area contributed by atoms with Crippen LogP contribution < -0.4 is 31.3 Å². The Morgan fingerprint density at radius 2 is 2.00 bits per heavy atom. The highest BCUT2D eigenvalue weighted by Gasteiger charge is 2.25. The maximum atomic E-state index is 12.2. The first kappa shape index (κ1) is 19.5. The number of likely N-dealkylation sites (N-methyl/N-ethyl adjacent to an activating group) is 1. The number of ether oxygens (including phenoxy) is 1. The average molecular weight is 350 g/mol. The number of amides is 2. The van der Waals surface area contributed by atoms with Crippen LogP contribution in [0.3, 0.4) is 0 Å². The molecule has 8 nitrogen and oxygen atoms in total. The minimum atomic E-state index is -0.293. The Hall–Kier alpha value is -1.87. The van der Waals surface area contributed by atoms with Crippen molar-refractivity contribution in [1.29, 1.82) is 0 Å². The van der Waals surface area contributed by atoms with Gasteiger partial charge in [-0.3, -0.25) is 10.6 Å². The molecule has 1 aliphatic heterocycles. The van der Waals surface area contributed by atoms with Crippen molar-refractivity contribution in [3.05, 3.63) is 24.3 Å². The lowest BCUT2D eigenvalue weighted by Crippen LogP contribution is -2.68. The van der Waals surface area contributed by atoms with Gasteiger partial charge in [0, 0.05) is 24.8 Å². The fourth-order valence-corrected chi connectivity index (χ4v) is 2.68. The molecule has 2 amide bonds. The molecule has 0 saturated carbocycles. The van der Waals surface area contributed by atoms with Crippen molar-refractivity contribution in [2.24, 2.45) is 0 Å². The molecule has 1 fully saturated rings. The molecule has 140 valence electrons. The summed E-state index contributed by atoms with van der Waals surface area (Å²) >= 11 is 0. The summed E-state index contributed by atoms with van der Waals surface area (Å²) in [4.78, 5) is 14.3. The van der Waals surface area contributed by atoms with Gasteiger partial charge >= 0.3 is 6.03 Å². The largest absolute Gasteiger partial charge is 0.497 e. The van der Waals surface area contributed by atoms with E-state index in [9.17, 15) is 4.79 Å². The van der Waals surface area contributed by atoms with Crippen molar-refractivity contribution in [3.8, 4) is 5.75 Å². The van der Waals surface area contributed by atoms with E-state index >= 15 is 0 Å². The van der Waals surface area contributed by atoms with Gasteiger partial charge in [-0.2, -0.15) is 0 Å². The van der Waals surface area contributed by atoms with Gasteiger partial charge in [0.2, 0.25) is 0 Å². The Kier molecular flexibility index (Phi) is 7.45. The molecular formula is C17H30N6O2. The van der Waals surface area contributed by atoms with Gasteiger partial charge in [0.15, 0.2) is 0 Å². The lowest BCUT2D eigenvalue weighted by Gasteiger charge is -2.37. The van der Waals surface area contributed by atoms with E-state index in [4.69, 9.17) is 4.74 Å². The van der Waals surface area contributed by atoms with Crippen LogP contribution in [0.4, 0.5) is 10.5 Å². The number of carbonyl (C=O) groups is 1. The third-order valence-corrected chi connectivity index (χ3v) is 3.98. The number of benzene rings is 1. The molecule has 0 radical (unpaired) electrons. The molecule has 0 aliphatic carbocycles. The van der Waals surface area contributed by atoms with Crippen LogP contribution in [0.5, 0.6) is 5.75 Å². The van der Waals surface area contributed by atoms with Crippen LogP contribution in [-0.4, -0.2) is 63.7 Å². The summed E-state index contributed by atoms with van der Waals surface area (Å²) in [5.41, 5.74) is 0.711. The minimum Gasteiger partial charge on any atom is -0.497 e. The number of hydrogen-bond acceptors (Lipinski definition) is 6. The van der Waals surface area contributed by atoms with Crippen molar-refractivity contribution < 1.29 is 9.53 Å². The Balaban J connectivity index is 1.79. The van der Waals surface area contributed by atoms with E-state index in [1.807, 2.05) is 14.1 Å². The van der Waals surface area contributed by atoms with Gasteiger partial charge in [-0.05, 0) is 51.7 Å². The maximum absolute atomic E-state index is 12.2. The van der Waals surface area contributed by atoms with Gasteiger partial charge in [0.1, 0.15) is 12.0 Å². The standard InChI is InChI=1S/C17H30N6O2/c1-12-11-15(18-9-10-23(2)3)21-16(19-12)22-17(24)20-13-5-7-14(25-4)8-6-13/h5-8,12,15-16,18-19,21H,9-11H2,1-4H3,(H2,20,22,24). The summed E-state index contributed by atoms with van der Waals surface area (Å²) in [6.45, 7) is 3.97. The summed E-state index contributed by atoms with van der Waals surface area (Å²) in [6, 6.07) is 7.24. The molecule has 1 heterocycles. The van der Waals surface area contributed by atoms with Crippen LogP contribution >= 0.6 is 0 Å². The van der Waals surface area contributed by atoms with Crippen molar-refractivity contribution in [2.45, 2.75) is 31.8 Å². The highest BCUT2D eigenvalue weighted by molar-refractivity contribution is 5.89. The zero-order valence-electron chi connectivity index (χ0n) is 15.4. The van der Waals surface area contributed by atoms with Gasteiger partial charge in [-0.25, -0.2) is 4.79 Å². The quantitative estimate of drug-likeness (QED) is 0.493. The highest BCUT2D eigenvalue weighted by Crippen LogP contribution is 2.14. The van der Waals surface area contributed by atoms with Crippen LogP contribution in [0.25, 0.3) is 0 Å². The number of methoxy groups -OCH3 is 1. The molecular weight excluding hydrogens is 320 g/mol. The molecule has 5 N–H and O–H groups in total. The van der Waals surface area contributed by atoms with Crippen molar-refractivity contribution >= 4 is 11.7 Å². The van der Waals surface area contributed by atoms with Gasteiger partial charge in [0.05, 0.1) is 13.3 Å². The number of rotatable bonds is 7. The molecule has 25 heavy (non-hydrogen) atoms. The molecule has 0 bridgehead atoms. The number of urea groups is 1. The first-order valence-corrected chi connectivity index (χ1v) is 8.58. The second-order valence-electron chi connectivity index (χ2n) is 6.54. The molecule has 0 spiro atoms. The molecule has 1 aliphatic rings. The zero-order chi connectivity index (χ0) is 18.2. The Morgan fingerprint density at radius 1 is 1.28 bits per heavy atom. The summed E-state index contributed by atoms with van der Waals surface area (Å²) in [5.74, 6) is 0.752. The Labute approximate surface area is 149 Å². The molecule has 1 aromatic rings. The second kappa shape index (κ2) is 9.57. The lowest BCUT2D eigenvalue weighted by atomic mass is 10.1. The minimum absolute atomic E-state index is 0.155. The average Bonchev–Trinajstić information content (AvgIpc) is 2.54. The number of nitrogens with zero attached hydrogens (tertiary/aromatic N) is 1. The Bertz CT molecular complexity index is 536. The topological polar surface area (TPSA) is 89.7 Å². The molecule has 1 saturated heterocycles. The van der Waals surface area contributed by atoms with Crippen molar-refractivity contribution in [1.82, 2.24) is 26.2 Å². The predicted octanol–water partition coefficient (Wildman–Crippen LogP) is 0.549. The van der Waals surface area contributed by atoms with Crippen LogP contribution in [0.2, 0.25) is 0 Å². The summed E-state index contributed by atoms with van der Waals surface area (Å²) in [5, 5.41) is 15.9. The van der Waals surface area contributed by atoms with Crippen LogP contribution in [0.15, 0.2) is 24.3 Å². The fraction of sp³-hybridized carbons (Fsp3) is 0.588. The number of nitrogens with one attached hydrogen (secondary N) is 5. The van der Waals surface area contributed by atoms with E-state index in [-0.39, 0.29) is 18.5 Å². The molecule has 3 atom stereocenters. The van der Waals surface area contributed by atoms with Crippen molar-refractivity contribution in [3.63, 3.8) is 0 Å². The first-order valence-electron chi connectivity index (χ1n) is 8.58. The van der Waals surface area contributed by atoms with E-state index in [1.54, 1.807) is 31.4 Å². The first-order chi connectivity index (χ1) is 12.0. The van der Waals surface area contributed by atoms with E-state index in [0.717, 1.165) is 25.3 Å². The van der Waals surface area contributed by atoms with E-state index in [1.165, 1.54) is 0 Å². The fourth-order valence-electron chi connectivity index (χ4n) is 2.68. The van der Waals surface area contributed by atoms with Gasteiger partial charge in [-0.15, -0.1) is 0 Å². The summed E-state index contributed by atoms with van der Waals surface area (Å²) in [7, 11) is 5.71. The Morgan fingerprint density at radius 3 is 2.64 bits per heavy atom. The lowest BCUT2D eigenvalue weighted by molar-refractivity contribution is 0.191. The van der Waals surface area contributed by atoms with Gasteiger partial charge in [-0.1, -0.05) is 0 Å². The summed E-state index contributed by atoms with van der Waals surface area (Å²) in [6.07, 6.45) is 0.812. The van der Waals surface area contributed by atoms with Gasteiger partial charge < -0.3 is 25.6 Å². The third kappa shape index (κ3) is 6.87. The normalized spacial score (nSPS) is 23.3. The third-order valence-electron chi connectivity index (χ3n) is 3.98. The van der Waals surface area contributed by atoms with Crippen molar-refractivity contribution in [2.75, 3.05) is 39.6 Å². The molecule has 2 rings (SSSR count). The molecule has 0 aromatic heterocycles.